The summed E-state index contributed by atoms with van der Waals surface area (Å²) in [4.78, 5) is 24.6. The third kappa shape index (κ3) is 5.43. The number of ether oxygens (including phenoxy) is 2. The van der Waals surface area contributed by atoms with Gasteiger partial charge in [-0.3, -0.25) is 9.59 Å². The first-order valence-corrected chi connectivity index (χ1v) is 8.91. The Morgan fingerprint density at radius 3 is 2.07 bits per heavy atom. The van der Waals surface area contributed by atoms with Crippen molar-refractivity contribution in [2.24, 2.45) is 10.2 Å². The summed E-state index contributed by atoms with van der Waals surface area (Å²) in [5.74, 6) is -0.606. The lowest BCUT2D eigenvalue weighted by atomic mass is 10.2. The van der Waals surface area contributed by atoms with Gasteiger partial charge in [-0.05, 0) is 37.6 Å². The van der Waals surface area contributed by atoms with Crippen LogP contribution < -0.4 is 14.8 Å². The van der Waals surface area contributed by atoms with Crippen molar-refractivity contribution >= 4 is 46.3 Å². The average Bonchev–Trinajstić information content (AvgIpc) is 2.61. The maximum absolute atomic E-state index is 12.7. The number of rotatable bonds is 7. The smallest absolute Gasteiger partial charge is 0.259 e. The van der Waals surface area contributed by atoms with E-state index in [4.69, 9.17) is 32.7 Å². The van der Waals surface area contributed by atoms with Gasteiger partial charge < -0.3 is 14.8 Å². The number of halogens is 2. The Balaban J connectivity index is 2.31. The molecule has 0 aliphatic heterocycles. The molecule has 0 aromatic heterocycles. The van der Waals surface area contributed by atoms with E-state index >= 15 is 0 Å². The van der Waals surface area contributed by atoms with Gasteiger partial charge in [-0.25, -0.2) is 0 Å². The molecule has 1 atom stereocenters. The Morgan fingerprint density at radius 1 is 1.00 bits per heavy atom. The second-order valence-electron chi connectivity index (χ2n) is 5.89. The molecule has 0 aliphatic rings. The zero-order valence-electron chi connectivity index (χ0n) is 15.7. The summed E-state index contributed by atoms with van der Waals surface area (Å²) in [6.45, 7) is 3.10. The van der Waals surface area contributed by atoms with Crippen LogP contribution in [0.25, 0.3) is 0 Å². The molecule has 0 heterocycles. The van der Waals surface area contributed by atoms with Gasteiger partial charge in [0.1, 0.15) is 17.2 Å². The number of nitrogens with one attached hydrogen (secondary N) is 1. The summed E-state index contributed by atoms with van der Waals surface area (Å²) in [6.07, 6.45) is 0. The SMILES string of the molecule is COc1cc(Cl)cc(OC)c1NC(=O)C(N=Nc1cc(C)cc(Cl)c1)C(C)=O. The molecule has 9 heteroatoms. The number of hydrogen-bond donors (Lipinski definition) is 1. The minimum atomic E-state index is -1.36. The third-order valence-corrected chi connectivity index (χ3v) is 4.10. The standard InChI is InChI=1S/C19H19Cl2N3O4/c1-10-5-12(20)7-14(6-10)23-24-17(11(2)25)19(26)22-18-15(27-3)8-13(21)9-16(18)28-4/h5-9,17H,1-4H3,(H,22,26). The van der Waals surface area contributed by atoms with Crippen LogP contribution in [-0.2, 0) is 9.59 Å². The van der Waals surface area contributed by atoms with Gasteiger partial charge in [-0.1, -0.05) is 23.2 Å². The molecule has 0 saturated heterocycles. The Labute approximate surface area is 172 Å². The zero-order valence-corrected chi connectivity index (χ0v) is 17.3. The summed E-state index contributed by atoms with van der Waals surface area (Å²) in [6, 6.07) is 6.74. The number of carbonyl (C=O) groups is 2. The number of nitrogens with zero attached hydrogens (tertiary/aromatic N) is 2. The molecule has 1 N–H and O–H groups in total. The number of benzene rings is 2. The first-order valence-electron chi connectivity index (χ1n) is 8.16. The number of aryl methyl sites for hydroxylation is 1. The second-order valence-corrected chi connectivity index (χ2v) is 6.76. The van der Waals surface area contributed by atoms with Gasteiger partial charge in [-0.2, -0.15) is 10.2 Å². The summed E-state index contributed by atoms with van der Waals surface area (Å²) in [7, 11) is 2.84. The van der Waals surface area contributed by atoms with E-state index in [1.54, 1.807) is 18.2 Å². The van der Waals surface area contributed by atoms with Crippen LogP contribution in [0.2, 0.25) is 10.0 Å². The van der Waals surface area contributed by atoms with Gasteiger partial charge in [0.25, 0.3) is 5.91 Å². The molecule has 28 heavy (non-hydrogen) atoms. The minimum Gasteiger partial charge on any atom is -0.494 e. The Hall–Kier alpha value is -2.64. The summed E-state index contributed by atoms with van der Waals surface area (Å²) in [5.41, 5.74) is 1.55. The highest BCUT2D eigenvalue weighted by atomic mass is 35.5. The Bertz CT molecular complexity index is 886. The lowest BCUT2D eigenvalue weighted by molar-refractivity contribution is -0.126. The van der Waals surface area contributed by atoms with E-state index in [1.807, 2.05) is 6.92 Å². The Kier molecular flexibility index (Phi) is 7.37. The molecule has 0 radical (unpaired) electrons. The monoisotopic (exact) mass is 423 g/mol. The Morgan fingerprint density at radius 2 is 1.57 bits per heavy atom. The van der Waals surface area contributed by atoms with Crippen LogP contribution in [-0.4, -0.2) is 32.0 Å². The van der Waals surface area contributed by atoms with Crippen molar-refractivity contribution < 1.29 is 19.1 Å². The predicted molar refractivity (Wildman–Crippen MR) is 108 cm³/mol. The molecule has 2 rings (SSSR count). The van der Waals surface area contributed by atoms with Crippen LogP contribution >= 0.6 is 23.2 Å². The molecule has 1 amide bonds. The predicted octanol–water partition coefficient (Wildman–Crippen LogP) is 5.00. The van der Waals surface area contributed by atoms with Crippen LogP contribution in [0.3, 0.4) is 0 Å². The molecule has 0 aliphatic carbocycles. The van der Waals surface area contributed by atoms with Gasteiger partial charge >= 0.3 is 0 Å². The van der Waals surface area contributed by atoms with Crippen molar-refractivity contribution in [3.8, 4) is 11.5 Å². The summed E-state index contributed by atoms with van der Waals surface area (Å²) >= 11 is 12.0. The van der Waals surface area contributed by atoms with Gasteiger partial charge in [-0.15, -0.1) is 0 Å². The van der Waals surface area contributed by atoms with Crippen LogP contribution in [0.5, 0.6) is 11.5 Å². The van der Waals surface area contributed by atoms with Crippen molar-refractivity contribution in [2.45, 2.75) is 19.9 Å². The van der Waals surface area contributed by atoms with Crippen molar-refractivity contribution in [1.82, 2.24) is 0 Å². The molecular weight excluding hydrogens is 405 g/mol. The molecule has 2 aromatic rings. The highest BCUT2D eigenvalue weighted by molar-refractivity contribution is 6.31. The van der Waals surface area contributed by atoms with Crippen LogP contribution in [0, 0.1) is 6.92 Å². The fourth-order valence-electron chi connectivity index (χ4n) is 2.41. The lowest BCUT2D eigenvalue weighted by Gasteiger charge is -2.16. The zero-order chi connectivity index (χ0) is 20.8. The number of hydrogen-bond acceptors (Lipinski definition) is 6. The van der Waals surface area contributed by atoms with E-state index in [1.165, 1.54) is 33.3 Å². The van der Waals surface area contributed by atoms with Crippen molar-refractivity contribution in [3.63, 3.8) is 0 Å². The van der Waals surface area contributed by atoms with Crippen LogP contribution in [0.1, 0.15) is 12.5 Å². The summed E-state index contributed by atoms with van der Waals surface area (Å²) < 4.78 is 10.5. The minimum absolute atomic E-state index is 0.236. The van der Waals surface area contributed by atoms with E-state index in [0.29, 0.717) is 15.7 Å². The fraction of sp³-hybridized carbons (Fsp3) is 0.263. The average molecular weight is 424 g/mol. The molecule has 2 aromatic carbocycles. The molecule has 0 spiro atoms. The number of anilines is 1. The number of azo groups is 1. The maximum atomic E-state index is 12.7. The fourth-order valence-corrected chi connectivity index (χ4v) is 2.89. The van der Waals surface area contributed by atoms with E-state index < -0.39 is 17.7 Å². The van der Waals surface area contributed by atoms with E-state index in [2.05, 4.69) is 15.5 Å². The quantitative estimate of drug-likeness (QED) is 0.501. The van der Waals surface area contributed by atoms with Gasteiger partial charge in [0.2, 0.25) is 6.04 Å². The number of Topliss-reactive ketones (excluding diaryl/α,β-unsaturated/α-hetero) is 1. The maximum Gasteiger partial charge on any atom is 0.259 e. The highest BCUT2D eigenvalue weighted by Crippen LogP contribution is 2.38. The number of ketones is 1. The van der Waals surface area contributed by atoms with Crippen molar-refractivity contribution in [1.29, 1.82) is 0 Å². The van der Waals surface area contributed by atoms with Crippen molar-refractivity contribution in [2.75, 3.05) is 19.5 Å². The first kappa shape index (κ1) is 21.7. The second kappa shape index (κ2) is 9.52. The number of methoxy groups -OCH3 is 2. The first-order chi connectivity index (χ1) is 13.2. The van der Waals surface area contributed by atoms with Crippen molar-refractivity contribution in [3.05, 3.63) is 45.9 Å². The normalized spacial score (nSPS) is 11.9. The molecule has 148 valence electrons. The lowest BCUT2D eigenvalue weighted by Crippen LogP contribution is -2.32. The topological polar surface area (TPSA) is 89.3 Å². The number of amides is 1. The summed E-state index contributed by atoms with van der Waals surface area (Å²) in [5, 5.41) is 11.3. The molecule has 0 saturated carbocycles. The van der Waals surface area contributed by atoms with Gasteiger partial charge in [0.05, 0.1) is 19.9 Å². The molecule has 0 fully saturated rings. The van der Waals surface area contributed by atoms with Gasteiger partial charge in [0, 0.05) is 22.2 Å². The number of carbonyl (C=O) groups excluding carboxylic acids is 2. The molecule has 0 bridgehead atoms. The largest absolute Gasteiger partial charge is 0.494 e. The van der Waals surface area contributed by atoms with E-state index in [-0.39, 0.29) is 17.2 Å². The highest BCUT2D eigenvalue weighted by Gasteiger charge is 2.26. The van der Waals surface area contributed by atoms with Crippen LogP contribution in [0.15, 0.2) is 40.6 Å². The van der Waals surface area contributed by atoms with Gasteiger partial charge in [0.15, 0.2) is 5.78 Å². The van der Waals surface area contributed by atoms with E-state index in [0.717, 1.165) is 5.56 Å². The van der Waals surface area contributed by atoms with E-state index in [9.17, 15) is 9.59 Å². The molecule has 1 unspecified atom stereocenters. The molecule has 7 nitrogen and oxygen atoms in total. The third-order valence-electron chi connectivity index (χ3n) is 3.67. The molecular formula is C19H19Cl2N3O4. The van der Waals surface area contributed by atoms with Crippen LogP contribution in [0.4, 0.5) is 11.4 Å².